The summed E-state index contributed by atoms with van der Waals surface area (Å²) >= 11 is 0. The molecular weight excluding hydrogens is 286 g/mol. The van der Waals surface area contributed by atoms with Gasteiger partial charge in [0.2, 0.25) is 10.0 Å². The van der Waals surface area contributed by atoms with Crippen LogP contribution in [0.3, 0.4) is 0 Å². The van der Waals surface area contributed by atoms with E-state index in [1.807, 2.05) is 0 Å². The molecule has 1 N–H and O–H groups in total. The van der Waals surface area contributed by atoms with E-state index in [0.717, 1.165) is 51.9 Å². The first-order chi connectivity index (χ1) is 10.0. The molecule has 0 radical (unpaired) electrons. The summed E-state index contributed by atoms with van der Waals surface area (Å²) in [6.07, 6.45) is 5.10. The van der Waals surface area contributed by atoms with E-state index in [-0.39, 0.29) is 5.75 Å². The van der Waals surface area contributed by atoms with Crippen LogP contribution in [0.5, 0.6) is 0 Å². The summed E-state index contributed by atoms with van der Waals surface area (Å²) in [6.45, 7) is 8.98. The fourth-order valence-electron chi connectivity index (χ4n) is 2.92. The number of unbranched alkanes of at least 4 members (excludes halogenated alkanes) is 1. The zero-order valence-corrected chi connectivity index (χ0v) is 14.8. The number of likely N-dealkylation sites (tertiary alicyclic amines) is 1. The number of hydrogen-bond acceptors (Lipinski definition) is 4. The Morgan fingerprint density at radius 2 is 2.00 bits per heavy atom. The van der Waals surface area contributed by atoms with Crippen LogP contribution < -0.4 is 5.32 Å². The van der Waals surface area contributed by atoms with E-state index >= 15 is 0 Å². The fraction of sp³-hybridized carbons (Fsp3) is 1.00. The maximum Gasteiger partial charge on any atom is 0.213 e. The molecule has 6 heteroatoms. The topological polar surface area (TPSA) is 52.7 Å². The van der Waals surface area contributed by atoms with Gasteiger partial charge in [-0.2, -0.15) is 0 Å². The molecular formula is C15H33N3O2S. The molecule has 0 aromatic rings. The Kier molecular flexibility index (Phi) is 8.78. The molecule has 1 unspecified atom stereocenters. The summed E-state index contributed by atoms with van der Waals surface area (Å²) in [4.78, 5) is 2.39. The first-order valence-electron chi connectivity index (χ1n) is 8.40. The molecule has 0 spiro atoms. The van der Waals surface area contributed by atoms with Gasteiger partial charge in [0.05, 0.1) is 5.75 Å². The molecule has 1 heterocycles. The van der Waals surface area contributed by atoms with Crippen molar-refractivity contribution in [3.8, 4) is 0 Å². The summed E-state index contributed by atoms with van der Waals surface area (Å²) in [6, 6.07) is 0.404. The van der Waals surface area contributed by atoms with Gasteiger partial charge >= 0.3 is 0 Å². The third kappa shape index (κ3) is 6.63. The van der Waals surface area contributed by atoms with E-state index in [1.54, 1.807) is 11.4 Å². The molecule has 0 aromatic heterocycles. The van der Waals surface area contributed by atoms with Crippen molar-refractivity contribution in [1.29, 1.82) is 0 Å². The molecule has 1 aliphatic heterocycles. The van der Waals surface area contributed by atoms with Crippen molar-refractivity contribution in [2.45, 2.75) is 52.0 Å². The number of likely N-dealkylation sites (N-methyl/N-ethyl adjacent to an activating group) is 2. The minimum absolute atomic E-state index is 0.274. The van der Waals surface area contributed by atoms with Crippen molar-refractivity contribution in [3.05, 3.63) is 0 Å². The van der Waals surface area contributed by atoms with Gasteiger partial charge in [-0.25, -0.2) is 12.7 Å². The molecule has 1 saturated heterocycles. The predicted molar refractivity (Wildman–Crippen MR) is 89.1 cm³/mol. The maximum absolute atomic E-state index is 12.3. The Morgan fingerprint density at radius 1 is 1.24 bits per heavy atom. The van der Waals surface area contributed by atoms with E-state index in [9.17, 15) is 8.42 Å². The van der Waals surface area contributed by atoms with Gasteiger partial charge in [0.25, 0.3) is 0 Å². The quantitative estimate of drug-likeness (QED) is 0.587. The number of rotatable bonds is 11. The zero-order chi connectivity index (χ0) is 15.7. The van der Waals surface area contributed by atoms with Crippen LogP contribution in [0.1, 0.15) is 46.0 Å². The largest absolute Gasteiger partial charge is 0.317 e. The predicted octanol–water partition coefficient (Wildman–Crippen LogP) is 1.51. The number of nitrogens with one attached hydrogen (secondary N) is 1. The highest BCUT2D eigenvalue weighted by atomic mass is 32.2. The Hall–Kier alpha value is -0.170. The summed E-state index contributed by atoms with van der Waals surface area (Å²) in [5.74, 6) is 0.274. The highest BCUT2D eigenvalue weighted by Gasteiger charge is 2.27. The van der Waals surface area contributed by atoms with Crippen molar-refractivity contribution in [2.75, 3.05) is 45.5 Å². The Bertz CT molecular complexity index is 373. The average Bonchev–Trinajstić information content (AvgIpc) is 2.89. The lowest BCUT2D eigenvalue weighted by Gasteiger charge is -2.27. The van der Waals surface area contributed by atoms with Crippen molar-refractivity contribution >= 4 is 10.0 Å². The minimum atomic E-state index is -3.09. The Labute approximate surface area is 131 Å². The second-order valence-electron chi connectivity index (χ2n) is 5.98. The van der Waals surface area contributed by atoms with Crippen LogP contribution >= 0.6 is 0 Å². The molecule has 0 bridgehead atoms. The molecule has 126 valence electrons. The zero-order valence-electron chi connectivity index (χ0n) is 14.0. The second kappa shape index (κ2) is 9.77. The molecule has 1 aliphatic rings. The highest BCUT2D eigenvalue weighted by molar-refractivity contribution is 7.89. The summed E-state index contributed by atoms with van der Waals surface area (Å²) in [7, 11) is -1.36. The third-order valence-electron chi connectivity index (χ3n) is 4.28. The van der Waals surface area contributed by atoms with Crippen molar-refractivity contribution < 1.29 is 8.42 Å². The summed E-state index contributed by atoms with van der Waals surface area (Å²) in [5.41, 5.74) is 0. The van der Waals surface area contributed by atoms with Gasteiger partial charge in [-0.3, -0.25) is 4.90 Å². The maximum atomic E-state index is 12.3. The van der Waals surface area contributed by atoms with E-state index in [2.05, 4.69) is 24.1 Å². The standard InChI is InChI=1S/C15H33N3O2S/c1-4-10-16-11-6-7-13-21(19,20)17(3)14-15-9-8-12-18(15)5-2/h15-16H,4-14H2,1-3H3. The molecule has 21 heavy (non-hydrogen) atoms. The lowest BCUT2D eigenvalue weighted by molar-refractivity contribution is 0.237. The van der Waals surface area contributed by atoms with Crippen LogP contribution in [0.2, 0.25) is 0 Å². The van der Waals surface area contributed by atoms with Crippen LogP contribution in [-0.4, -0.2) is 69.2 Å². The Balaban J connectivity index is 2.29. The fourth-order valence-corrected chi connectivity index (χ4v) is 4.20. The van der Waals surface area contributed by atoms with Crippen LogP contribution in [0.4, 0.5) is 0 Å². The lowest BCUT2D eigenvalue weighted by atomic mass is 10.2. The van der Waals surface area contributed by atoms with Gasteiger partial charge in [-0.15, -0.1) is 0 Å². The first-order valence-corrected chi connectivity index (χ1v) is 10.0. The summed E-state index contributed by atoms with van der Waals surface area (Å²) < 4.78 is 26.2. The van der Waals surface area contributed by atoms with Gasteiger partial charge in [0.15, 0.2) is 0 Å². The van der Waals surface area contributed by atoms with E-state index < -0.39 is 10.0 Å². The first kappa shape index (κ1) is 18.9. The van der Waals surface area contributed by atoms with E-state index in [0.29, 0.717) is 12.6 Å². The molecule has 5 nitrogen and oxygen atoms in total. The molecule has 1 fully saturated rings. The summed E-state index contributed by atoms with van der Waals surface area (Å²) in [5, 5.41) is 3.31. The molecule has 1 atom stereocenters. The number of sulfonamides is 1. The lowest BCUT2D eigenvalue weighted by Crippen LogP contribution is -2.41. The van der Waals surface area contributed by atoms with Gasteiger partial charge < -0.3 is 5.32 Å². The van der Waals surface area contributed by atoms with E-state index in [1.165, 1.54) is 6.42 Å². The van der Waals surface area contributed by atoms with Crippen LogP contribution in [0.25, 0.3) is 0 Å². The van der Waals surface area contributed by atoms with Crippen LogP contribution in [-0.2, 0) is 10.0 Å². The highest BCUT2D eigenvalue weighted by Crippen LogP contribution is 2.18. The normalized spacial score (nSPS) is 20.5. The minimum Gasteiger partial charge on any atom is -0.317 e. The molecule has 0 aromatic carbocycles. The van der Waals surface area contributed by atoms with Crippen molar-refractivity contribution in [3.63, 3.8) is 0 Å². The van der Waals surface area contributed by atoms with Gasteiger partial charge in [-0.1, -0.05) is 13.8 Å². The van der Waals surface area contributed by atoms with Crippen LogP contribution in [0.15, 0.2) is 0 Å². The van der Waals surface area contributed by atoms with Crippen molar-refractivity contribution in [1.82, 2.24) is 14.5 Å². The Morgan fingerprint density at radius 3 is 2.67 bits per heavy atom. The van der Waals surface area contributed by atoms with Gasteiger partial charge in [0.1, 0.15) is 0 Å². The van der Waals surface area contributed by atoms with Gasteiger partial charge in [0, 0.05) is 19.6 Å². The van der Waals surface area contributed by atoms with Crippen molar-refractivity contribution in [2.24, 2.45) is 0 Å². The van der Waals surface area contributed by atoms with Crippen LogP contribution in [0, 0.1) is 0 Å². The molecule has 0 amide bonds. The second-order valence-corrected chi connectivity index (χ2v) is 8.17. The number of hydrogen-bond donors (Lipinski definition) is 1. The molecule has 0 aliphatic carbocycles. The SMILES string of the molecule is CCCNCCCCS(=O)(=O)N(C)CC1CCCN1CC. The average molecular weight is 320 g/mol. The van der Waals surface area contributed by atoms with E-state index in [4.69, 9.17) is 0 Å². The third-order valence-corrected chi connectivity index (χ3v) is 6.18. The molecule has 0 saturated carbocycles. The number of nitrogens with zero attached hydrogens (tertiary/aromatic N) is 2. The van der Waals surface area contributed by atoms with Gasteiger partial charge in [-0.05, 0) is 58.3 Å². The monoisotopic (exact) mass is 319 g/mol. The molecule has 1 rings (SSSR count). The smallest absolute Gasteiger partial charge is 0.213 e.